The minimum atomic E-state index is 0.201. The van der Waals surface area contributed by atoms with Crippen molar-refractivity contribution < 1.29 is 0 Å². The fourth-order valence-corrected chi connectivity index (χ4v) is 3.29. The Bertz CT molecular complexity index is 658. The summed E-state index contributed by atoms with van der Waals surface area (Å²) >= 11 is 1.71. The van der Waals surface area contributed by atoms with Crippen LogP contribution >= 0.6 is 11.3 Å². The lowest BCUT2D eigenvalue weighted by molar-refractivity contribution is 0.645. The van der Waals surface area contributed by atoms with Crippen molar-refractivity contribution in [2.75, 3.05) is 7.05 Å². The van der Waals surface area contributed by atoms with E-state index < -0.39 is 0 Å². The third-order valence-electron chi connectivity index (χ3n) is 3.80. The summed E-state index contributed by atoms with van der Waals surface area (Å²) in [7, 11) is 1.80. The van der Waals surface area contributed by atoms with E-state index in [0.717, 1.165) is 23.9 Å². The van der Waals surface area contributed by atoms with Crippen LogP contribution in [0, 0.1) is 12.8 Å². The number of rotatable bonds is 6. The summed E-state index contributed by atoms with van der Waals surface area (Å²) in [5.41, 5.74) is 2.66. The van der Waals surface area contributed by atoms with Crippen molar-refractivity contribution in [3.8, 4) is 0 Å². The van der Waals surface area contributed by atoms with Gasteiger partial charge in [0.2, 0.25) is 0 Å². The van der Waals surface area contributed by atoms with Gasteiger partial charge in [-0.2, -0.15) is 0 Å². The molecule has 2 N–H and O–H groups in total. The molecule has 0 saturated carbocycles. The van der Waals surface area contributed by atoms with Crippen LogP contribution in [0.2, 0.25) is 0 Å². The zero-order chi connectivity index (χ0) is 17.5. The number of hydrogen-bond acceptors (Lipinski definition) is 3. The number of hydrogen-bond donors (Lipinski definition) is 2. The first kappa shape index (κ1) is 18.5. The van der Waals surface area contributed by atoms with Gasteiger partial charge in [0.1, 0.15) is 0 Å². The minimum Gasteiger partial charge on any atom is -0.351 e. The lowest BCUT2D eigenvalue weighted by Gasteiger charge is -2.18. The zero-order valence-corrected chi connectivity index (χ0v) is 16.1. The van der Waals surface area contributed by atoms with Gasteiger partial charge in [0, 0.05) is 18.1 Å². The number of guanidine groups is 1. The van der Waals surface area contributed by atoms with Crippen LogP contribution in [0.1, 0.15) is 47.8 Å². The molecule has 0 radical (unpaired) electrons. The smallest absolute Gasteiger partial charge is 0.191 e. The Morgan fingerprint density at radius 1 is 1.21 bits per heavy atom. The summed E-state index contributed by atoms with van der Waals surface area (Å²) in [5.74, 6) is 1.49. The van der Waals surface area contributed by atoms with Crippen LogP contribution in [0.3, 0.4) is 0 Å². The molecule has 0 aliphatic heterocycles. The van der Waals surface area contributed by atoms with E-state index in [1.165, 1.54) is 16.0 Å². The molecule has 2 rings (SSSR count). The van der Waals surface area contributed by atoms with Crippen LogP contribution in [-0.2, 0) is 13.0 Å². The molecule has 1 heterocycles. The van der Waals surface area contributed by atoms with Gasteiger partial charge in [0.15, 0.2) is 5.96 Å². The molecule has 0 aliphatic rings. The molecule has 4 nitrogen and oxygen atoms in total. The molecule has 24 heavy (non-hydrogen) atoms. The first-order chi connectivity index (χ1) is 11.5. The molecule has 0 aliphatic carbocycles. The highest BCUT2D eigenvalue weighted by atomic mass is 32.1. The highest BCUT2D eigenvalue weighted by Crippen LogP contribution is 2.16. The molecule has 1 aromatic heterocycles. The molecule has 0 bridgehead atoms. The number of nitrogens with zero attached hydrogens (tertiary/aromatic N) is 2. The fraction of sp³-hybridized carbons (Fsp3) is 0.474. The van der Waals surface area contributed by atoms with E-state index in [2.05, 4.69) is 65.6 Å². The van der Waals surface area contributed by atoms with Gasteiger partial charge in [0.05, 0.1) is 17.6 Å². The van der Waals surface area contributed by atoms with Gasteiger partial charge in [-0.3, -0.25) is 4.99 Å². The summed E-state index contributed by atoms with van der Waals surface area (Å²) in [6.07, 6.45) is 3.04. The second-order valence-corrected chi connectivity index (χ2v) is 7.80. The van der Waals surface area contributed by atoms with Crippen molar-refractivity contribution in [3.05, 3.63) is 51.5 Å². The van der Waals surface area contributed by atoms with Gasteiger partial charge < -0.3 is 10.6 Å². The van der Waals surface area contributed by atoms with Gasteiger partial charge >= 0.3 is 0 Å². The molecule has 1 atom stereocenters. The first-order valence-electron chi connectivity index (χ1n) is 8.45. The molecule has 130 valence electrons. The Morgan fingerprint density at radius 3 is 2.46 bits per heavy atom. The van der Waals surface area contributed by atoms with Crippen LogP contribution in [0.25, 0.3) is 0 Å². The van der Waals surface area contributed by atoms with Gasteiger partial charge in [-0.25, -0.2) is 4.98 Å². The Hall–Kier alpha value is -1.88. The highest BCUT2D eigenvalue weighted by molar-refractivity contribution is 7.11. The zero-order valence-electron chi connectivity index (χ0n) is 15.3. The lowest BCUT2D eigenvalue weighted by atomic mass is 10.00. The van der Waals surface area contributed by atoms with Gasteiger partial charge in [-0.05, 0) is 37.3 Å². The third-order valence-corrected chi connectivity index (χ3v) is 4.71. The predicted octanol–water partition coefficient (Wildman–Crippen LogP) is 4.08. The molecule has 1 unspecified atom stereocenters. The summed E-state index contributed by atoms with van der Waals surface area (Å²) < 4.78 is 0. The van der Waals surface area contributed by atoms with Gasteiger partial charge in [-0.15, -0.1) is 11.3 Å². The topological polar surface area (TPSA) is 49.3 Å². The number of aryl methyl sites for hydroxylation is 1. The summed E-state index contributed by atoms with van der Waals surface area (Å²) in [6.45, 7) is 9.41. The molecule has 1 aromatic carbocycles. The van der Waals surface area contributed by atoms with E-state index in [1.54, 1.807) is 18.4 Å². The lowest BCUT2D eigenvalue weighted by Crippen LogP contribution is -2.38. The molecule has 0 fully saturated rings. The molecular weight excluding hydrogens is 316 g/mol. The molecule has 0 spiro atoms. The van der Waals surface area contributed by atoms with Gasteiger partial charge in [-0.1, -0.05) is 38.1 Å². The van der Waals surface area contributed by atoms with E-state index in [-0.39, 0.29) is 6.04 Å². The van der Waals surface area contributed by atoms with E-state index in [0.29, 0.717) is 5.92 Å². The van der Waals surface area contributed by atoms with E-state index in [9.17, 15) is 0 Å². The summed E-state index contributed by atoms with van der Waals surface area (Å²) in [6, 6.07) is 9.06. The standard InChI is InChI=1S/C19H28N4S/c1-13(2)10-16-6-8-17(9-7-16)14(3)23-19(20-5)22-12-18-11-21-15(4)24-18/h6-9,11,13-14H,10,12H2,1-5H3,(H2,20,22,23). The molecule has 5 heteroatoms. The average Bonchev–Trinajstić information content (AvgIpc) is 2.96. The maximum Gasteiger partial charge on any atom is 0.191 e. The highest BCUT2D eigenvalue weighted by Gasteiger charge is 2.09. The number of aromatic nitrogens is 1. The van der Waals surface area contributed by atoms with Crippen LogP contribution < -0.4 is 10.6 Å². The van der Waals surface area contributed by atoms with Crippen LogP contribution in [-0.4, -0.2) is 18.0 Å². The van der Waals surface area contributed by atoms with Crippen molar-refractivity contribution in [2.24, 2.45) is 10.9 Å². The monoisotopic (exact) mass is 344 g/mol. The van der Waals surface area contributed by atoms with Crippen molar-refractivity contribution in [3.63, 3.8) is 0 Å². The predicted molar refractivity (Wildman–Crippen MR) is 104 cm³/mol. The number of benzene rings is 1. The maximum atomic E-state index is 4.31. The second-order valence-electron chi connectivity index (χ2n) is 6.48. The van der Waals surface area contributed by atoms with Crippen molar-refractivity contribution in [2.45, 2.75) is 46.7 Å². The minimum absolute atomic E-state index is 0.201. The largest absolute Gasteiger partial charge is 0.351 e. The molecule has 0 saturated heterocycles. The normalized spacial score (nSPS) is 13.2. The first-order valence-corrected chi connectivity index (χ1v) is 9.27. The van der Waals surface area contributed by atoms with Crippen molar-refractivity contribution >= 4 is 17.3 Å². The number of thiazole rings is 1. The van der Waals surface area contributed by atoms with Crippen LogP contribution in [0.5, 0.6) is 0 Å². The maximum absolute atomic E-state index is 4.31. The fourth-order valence-electron chi connectivity index (χ4n) is 2.55. The SMILES string of the molecule is CN=C(NCc1cnc(C)s1)NC(C)c1ccc(CC(C)C)cc1. The summed E-state index contributed by atoms with van der Waals surface area (Å²) in [4.78, 5) is 9.80. The van der Waals surface area contributed by atoms with E-state index in [1.807, 2.05) is 13.1 Å². The molecule has 0 amide bonds. The molecular formula is C19H28N4S. The Balaban J connectivity index is 1.90. The molecule has 2 aromatic rings. The third kappa shape index (κ3) is 5.64. The quantitative estimate of drug-likeness (QED) is 0.613. The number of aliphatic imine (C=N–C) groups is 1. The van der Waals surface area contributed by atoms with Gasteiger partial charge in [0.25, 0.3) is 0 Å². The van der Waals surface area contributed by atoms with Crippen LogP contribution in [0.4, 0.5) is 0 Å². The van der Waals surface area contributed by atoms with Crippen LogP contribution in [0.15, 0.2) is 35.5 Å². The average molecular weight is 345 g/mol. The summed E-state index contributed by atoms with van der Waals surface area (Å²) in [5, 5.41) is 7.88. The van der Waals surface area contributed by atoms with Crippen molar-refractivity contribution in [1.82, 2.24) is 15.6 Å². The van der Waals surface area contributed by atoms with E-state index >= 15 is 0 Å². The Kier molecular flexibility index (Phi) is 6.79. The van der Waals surface area contributed by atoms with E-state index in [4.69, 9.17) is 0 Å². The Morgan fingerprint density at radius 2 is 1.92 bits per heavy atom. The number of nitrogens with one attached hydrogen (secondary N) is 2. The Labute approximate surface area is 149 Å². The van der Waals surface area contributed by atoms with Crippen molar-refractivity contribution in [1.29, 1.82) is 0 Å². The second kappa shape index (κ2) is 8.83.